The zero-order valence-corrected chi connectivity index (χ0v) is 12.6. The summed E-state index contributed by atoms with van der Waals surface area (Å²) in [5.74, 6) is 0.556. The van der Waals surface area contributed by atoms with E-state index in [4.69, 9.17) is 5.73 Å². The van der Waals surface area contributed by atoms with Crippen molar-refractivity contribution < 1.29 is 4.79 Å². The maximum absolute atomic E-state index is 12.6. The first-order valence-corrected chi connectivity index (χ1v) is 7.53. The third-order valence-corrected chi connectivity index (χ3v) is 4.01. The summed E-state index contributed by atoms with van der Waals surface area (Å²) in [4.78, 5) is 15.3. The van der Waals surface area contributed by atoms with Crippen LogP contribution in [0.3, 0.4) is 0 Å². The topological polar surface area (TPSA) is 46.3 Å². The van der Waals surface area contributed by atoms with E-state index in [1.165, 1.54) is 11.3 Å². The lowest BCUT2D eigenvalue weighted by Gasteiger charge is -2.32. The molecule has 1 rings (SSSR count). The first-order valence-electron chi connectivity index (χ1n) is 6.65. The summed E-state index contributed by atoms with van der Waals surface area (Å²) in [5, 5.41) is 1.88. The standard InChI is InChI=1S/C14H24N2OS/c1-5-11(6-2)16(9-10(3)4)14(17)13-12(15)7-8-18-13/h7-8,10-11H,5-6,9,15H2,1-4H3. The molecule has 0 fully saturated rings. The summed E-state index contributed by atoms with van der Waals surface area (Å²) in [6.07, 6.45) is 1.97. The molecular weight excluding hydrogens is 244 g/mol. The van der Waals surface area contributed by atoms with Gasteiger partial charge in [-0.25, -0.2) is 0 Å². The lowest BCUT2D eigenvalue weighted by molar-refractivity contribution is 0.0646. The smallest absolute Gasteiger partial charge is 0.266 e. The van der Waals surface area contributed by atoms with E-state index in [2.05, 4.69) is 27.7 Å². The number of nitrogens with zero attached hydrogens (tertiary/aromatic N) is 1. The van der Waals surface area contributed by atoms with Gasteiger partial charge in [0.15, 0.2) is 0 Å². The minimum Gasteiger partial charge on any atom is -0.397 e. The first-order chi connectivity index (χ1) is 8.51. The van der Waals surface area contributed by atoms with Gasteiger partial charge in [0.2, 0.25) is 0 Å². The highest BCUT2D eigenvalue weighted by molar-refractivity contribution is 7.12. The van der Waals surface area contributed by atoms with Crippen LogP contribution in [0, 0.1) is 5.92 Å². The van der Waals surface area contributed by atoms with Crippen molar-refractivity contribution in [2.24, 2.45) is 5.92 Å². The molecule has 0 aliphatic carbocycles. The zero-order valence-electron chi connectivity index (χ0n) is 11.8. The van der Waals surface area contributed by atoms with Gasteiger partial charge < -0.3 is 10.6 Å². The summed E-state index contributed by atoms with van der Waals surface area (Å²) in [6.45, 7) is 9.34. The van der Waals surface area contributed by atoms with E-state index in [1.54, 1.807) is 6.07 Å². The van der Waals surface area contributed by atoms with E-state index in [-0.39, 0.29) is 5.91 Å². The van der Waals surface area contributed by atoms with Crippen LogP contribution in [0.4, 0.5) is 5.69 Å². The summed E-state index contributed by atoms with van der Waals surface area (Å²) < 4.78 is 0. The molecule has 0 bridgehead atoms. The van der Waals surface area contributed by atoms with Crippen LogP contribution in [-0.4, -0.2) is 23.4 Å². The number of thiophene rings is 1. The Morgan fingerprint density at radius 3 is 2.39 bits per heavy atom. The molecule has 0 aromatic carbocycles. The molecule has 4 heteroatoms. The van der Waals surface area contributed by atoms with E-state index >= 15 is 0 Å². The molecule has 18 heavy (non-hydrogen) atoms. The Balaban J connectivity index is 2.95. The molecule has 102 valence electrons. The number of hydrogen-bond acceptors (Lipinski definition) is 3. The normalized spacial score (nSPS) is 11.2. The lowest BCUT2D eigenvalue weighted by atomic mass is 10.1. The van der Waals surface area contributed by atoms with Crippen LogP contribution in [0.2, 0.25) is 0 Å². The number of nitrogen functional groups attached to an aromatic ring is 1. The Kier molecular flexibility index (Phi) is 5.66. The molecule has 0 unspecified atom stereocenters. The SMILES string of the molecule is CCC(CC)N(CC(C)C)C(=O)c1sccc1N. The predicted molar refractivity (Wildman–Crippen MR) is 79.0 cm³/mol. The van der Waals surface area contributed by atoms with E-state index in [9.17, 15) is 4.79 Å². The van der Waals surface area contributed by atoms with Crippen molar-refractivity contribution in [1.29, 1.82) is 0 Å². The Labute approximate surface area is 114 Å². The molecule has 0 aliphatic heterocycles. The van der Waals surface area contributed by atoms with E-state index in [1.807, 2.05) is 10.3 Å². The maximum atomic E-state index is 12.6. The highest BCUT2D eigenvalue weighted by Gasteiger charge is 2.25. The van der Waals surface area contributed by atoms with Crippen LogP contribution in [-0.2, 0) is 0 Å². The molecule has 0 radical (unpaired) electrons. The lowest BCUT2D eigenvalue weighted by Crippen LogP contribution is -2.41. The number of carbonyl (C=O) groups excluding carboxylic acids is 1. The summed E-state index contributed by atoms with van der Waals surface area (Å²) >= 11 is 1.44. The van der Waals surface area contributed by atoms with Crippen LogP contribution >= 0.6 is 11.3 Å². The van der Waals surface area contributed by atoms with E-state index < -0.39 is 0 Å². The highest BCUT2D eigenvalue weighted by atomic mass is 32.1. The van der Waals surface area contributed by atoms with Crippen molar-refractivity contribution in [3.63, 3.8) is 0 Å². The Hall–Kier alpha value is -1.03. The van der Waals surface area contributed by atoms with Crippen LogP contribution in [0.1, 0.15) is 50.2 Å². The number of amides is 1. The minimum atomic E-state index is 0.0879. The van der Waals surface area contributed by atoms with E-state index in [0.29, 0.717) is 22.5 Å². The van der Waals surface area contributed by atoms with Crippen LogP contribution in [0.25, 0.3) is 0 Å². The fourth-order valence-corrected chi connectivity index (χ4v) is 2.92. The van der Waals surface area contributed by atoms with Gasteiger partial charge in [0.25, 0.3) is 5.91 Å². The Morgan fingerprint density at radius 1 is 1.39 bits per heavy atom. The first kappa shape index (κ1) is 15.0. The van der Waals surface area contributed by atoms with Crippen LogP contribution < -0.4 is 5.73 Å². The van der Waals surface area contributed by atoms with Crippen molar-refractivity contribution in [1.82, 2.24) is 4.90 Å². The molecule has 0 saturated carbocycles. The van der Waals surface area contributed by atoms with Crippen molar-refractivity contribution in [2.45, 2.75) is 46.6 Å². The number of hydrogen-bond donors (Lipinski definition) is 1. The second-order valence-corrected chi connectivity index (χ2v) is 5.94. The summed E-state index contributed by atoms with van der Waals surface area (Å²) in [5.41, 5.74) is 6.46. The molecule has 1 amide bonds. The summed E-state index contributed by atoms with van der Waals surface area (Å²) in [7, 11) is 0. The van der Waals surface area contributed by atoms with Crippen LogP contribution in [0.5, 0.6) is 0 Å². The van der Waals surface area contributed by atoms with E-state index in [0.717, 1.165) is 19.4 Å². The fourth-order valence-electron chi connectivity index (χ4n) is 2.14. The van der Waals surface area contributed by atoms with Crippen molar-refractivity contribution in [3.8, 4) is 0 Å². The minimum absolute atomic E-state index is 0.0879. The van der Waals surface area contributed by atoms with Gasteiger partial charge in [-0.2, -0.15) is 0 Å². The molecule has 0 saturated heterocycles. The molecule has 2 N–H and O–H groups in total. The largest absolute Gasteiger partial charge is 0.397 e. The van der Waals surface area contributed by atoms with Gasteiger partial charge in [-0.15, -0.1) is 11.3 Å². The van der Waals surface area contributed by atoms with Crippen molar-refractivity contribution >= 4 is 22.9 Å². The number of rotatable bonds is 6. The average molecular weight is 268 g/mol. The van der Waals surface area contributed by atoms with Crippen molar-refractivity contribution in [3.05, 3.63) is 16.3 Å². The maximum Gasteiger partial charge on any atom is 0.266 e. The molecular formula is C14H24N2OS. The van der Waals surface area contributed by atoms with Crippen LogP contribution in [0.15, 0.2) is 11.4 Å². The van der Waals surface area contributed by atoms with Gasteiger partial charge in [-0.1, -0.05) is 27.7 Å². The van der Waals surface area contributed by atoms with Gasteiger partial charge in [0, 0.05) is 12.6 Å². The quantitative estimate of drug-likeness (QED) is 0.856. The molecule has 1 aromatic rings. The van der Waals surface area contributed by atoms with Gasteiger partial charge in [-0.05, 0) is 30.2 Å². The van der Waals surface area contributed by atoms with Gasteiger partial charge in [0.05, 0.1) is 5.69 Å². The third kappa shape index (κ3) is 3.48. The van der Waals surface area contributed by atoms with Gasteiger partial charge >= 0.3 is 0 Å². The molecule has 3 nitrogen and oxygen atoms in total. The summed E-state index contributed by atoms with van der Waals surface area (Å²) in [6, 6.07) is 2.11. The predicted octanol–water partition coefficient (Wildman–Crippen LogP) is 3.62. The molecule has 0 atom stereocenters. The number of anilines is 1. The van der Waals surface area contributed by atoms with Crippen molar-refractivity contribution in [2.75, 3.05) is 12.3 Å². The Morgan fingerprint density at radius 2 is 2.00 bits per heavy atom. The average Bonchev–Trinajstić information content (AvgIpc) is 2.74. The fraction of sp³-hybridized carbons (Fsp3) is 0.643. The molecule has 1 aromatic heterocycles. The number of nitrogens with two attached hydrogens (primary N) is 1. The number of carbonyl (C=O) groups is 1. The zero-order chi connectivity index (χ0) is 13.7. The second-order valence-electron chi connectivity index (χ2n) is 5.03. The Bertz CT molecular complexity index is 383. The monoisotopic (exact) mass is 268 g/mol. The third-order valence-electron chi connectivity index (χ3n) is 3.10. The molecule has 0 spiro atoms. The van der Waals surface area contributed by atoms with Gasteiger partial charge in [-0.3, -0.25) is 4.79 Å². The molecule has 1 heterocycles. The molecule has 0 aliphatic rings. The van der Waals surface area contributed by atoms with Gasteiger partial charge in [0.1, 0.15) is 4.88 Å². The highest BCUT2D eigenvalue weighted by Crippen LogP contribution is 2.24. The second kappa shape index (κ2) is 6.78.